The van der Waals surface area contributed by atoms with Crippen LogP contribution >= 0.6 is 0 Å². The van der Waals surface area contributed by atoms with Crippen molar-refractivity contribution >= 4 is 0 Å². The van der Waals surface area contributed by atoms with Crippen molar-refractivity contribution in [1.82, 2.24) is 9.13 Å². The lowest BCUT2D eigenvalue weighted by molar-refractivity contribution is -0.739. The molecule has 2 aromatic rings. The van der Waals surface area contributed by atoms with E-state index in [9.17, 15) is 0 Å². The zero-order valence-electron chi connectivity index (χ0n) is 15.3. The van der Waals surface area contributed by atoms with Crippen LogP contribution in [0, 0.1) is 0 Å². The third kappa shape index (κ3) is 3.26. The van der Waals surface area contributed by atoms with Crippen LogP contribution in [0.3, 0.4) is 0 Å². The number of aromatic nitrogens is 4. The predicted molar refractivity (Wildman–Crippen MR) is 91.1 cm³/mol. The van der Waals surface area contributed by atoms with Gasteiger partial charge in [-0.15, -0.1) is 0 Å². The van der Waals surface area contributed by atoms with Gasteiger partial charge in [-0.1, -0.05) is 0 Å². The molecule has 0 aromatic carbocycles. The second-order valence-corrected chi connectivity index (χ2v) is 8.63. The smallest absolute Gasteiger partial charge is 0.232 e. The molecule has 1 aliphatic rings. The molecule has 4 heteroatoms. The van der Waals surface area contributed by atoms with Crippen LogP contribution < -0.4 is 9.13 Å². The molecule has 0 amide bonds. The summed E-state index contributed by atoms with van der Waals surface area (Å²) in [5.41, 5.74) is 0.261. The minimum atomic E-state index is 0.131. The molecule has 0 N–H and O–H groups in total. The van der Waals surface area contributed by atoms with Crippen molar-refractivity contribution in [3.05, 3.63) is 49.6 Å². The van der Waals surface area contributed by atoms with Gasteiger partial charge in [0.05, 0.1) is 0 Å². The van der Waals surface area contributed by atoms with Crippen LogP contribution in [0.4, 0.5) is 0 Å². The first-order valence-electron chi connectivity index (χ1n) is 8.51. The molecular weight excluding hydrogens is 284 g/mol. The topological polar surface area (TPSA) is 17.6 Å². The van der Waals surface area contributed by atoms with Gasteiger partial charge >= 0.3 is 0 Å². The highest BCUT2D eigenvalue weighted by Gasteiger charge is 2.30. The van der Waals surface area contributed by atoms with E-state index < -0.39 is 0 Å². The van der Waals surface area contributed by atoms with E-state index in [1.165, 1.54) is 0 Å². The molecule has 124 valence electrons. The van der Waals surface area contributed by atoms with Gasteiger partial charge in [0.2, 0.25) is 12.7 Å². The summed E-state index contributed by atoms with van der Waals surface area (Å²) in [6.45, 7) is 13.4. The first-order chi connectivity index (χ1) is 10.6. The van der Waals surface area contributed by atoms with Crippen LogP contribution in [0.2, 0.25) is 0 Å². The Morgan fingerprint density at radius 3 is 1.43 bits per heavy atom. The largest absolute Gasteiger partial charge is 0.244 e. The highest BCUT2D eigenvalue weighted by Crippen LogP contribution is 2.24. The maximum atomic E-state index is 2.33. The molecule has 1 aliphatic carbocycles. The summed E-state index contributed by atoms with van der Waals surface area (Å²) in [6, 6.07) is 0.878. The monoisotopic (exact) mass is 314 g/mol. The highest BCUT2D eigenvalue weighted by atomic mass is 15.2. The van der Waals surface area contributed by atoms with Gasteiger partial charge in [-0.3, -0.25) is 0 Å². The summed E-state index contributed by atoms with van der Waals surface area (Å²) in [6.07, 6.45) is 18.9. The van der Waals surface area contributed by atoms with Crippen molar-refractivity contribution in [2.75, 3.05) is 0 Å². The van der Waals surface area contributed by atoms with Gasteiger partial charge in [-0.25, -0.2) is 18.3 Å². The Morgan fingerprint density at radius 2 is 1.13 bits per heavy atom. The predicted octanol–water partition coefficient (Wildman–Crippen LogP) is 3.12. The SMILES string of the molecule is CC(C)(C)n1cc[n+]([C@H]2C=C[C@H]([n+]3ccn(C(C)(C)C)c3)C2)c1. The van der Waals surface area contributed by atoms with Crippen molar-refractivity contribution in [3.63, 3.8) is 0 Å². The summed E-state index contributed by atoms with van der Waals surface area (Å²) in [7, 11) is 0. The zero-order valence-corrected chi connectivity index (χ0v) is 15.3. The van der Waals surface area contributed by atoms with Gasteiger partial charge in [-0.05, 0) is 53.7 Å². The Hall–Kier alpha value is -1.84. The van der Waals surface area contributed by atoms with Crippen molar-refractivity contribution in [3.8, 4) is 0 Å². The number of imidazole rings is 2. The van der Waals surface area contributed by atoms with E-state index in [0.717, 1.165) is 6.42 Å². The molecule has 0 saturated carbocycles. The molecule has 2 aromatic heterocycles. The molecular formula is C19H30N4+2. The van der Waals surface area contributed by atoms with Crippen LogP contribution in [0.5, 0.6) is 0 Å². The first-order valence-corrected chi connectivity index (χ1v) is 8.51. The van der Waals surface area contributed by atoms with Crippen LogP contribution in [0.15, 0.2) is 49.6 Å². The van der Waals surface area contributed by atoms with Crippen molar-refractivity contribution < 1.29 is 9.13 Å². The minimum Gasteiger partial charge on any atom is -0.232 e. The summed E-state index contributed by atoms with van der Waals surface area (Å²) in [5.74, 6) is 0. The average molecular weight is 314 g/mol. The zero-order chi connectivity index (χ0) is 16.8. The second-order valence-electron chi connectivity index (χ2n) is 8.63. The number of rotatable bonds is 2. The van der Waals surface area contributed by atoms with E-state index in [1.807, 2.05) is 0 Å². The Balaban J connectivity index is 1.73. The molecule has 2 atom stereocenters. The highest BCUT2D eigenvalue weighted by molar-refractivity contribution is 4.99. The van der Waals surface area contributed by atoms with Crippen LogP contribution in [-0.2, 0) is 11.1 Å². The Morgan fingerprint density at radius 1 is 0.739 bits per heavy atom. The van der Waals surface area contributed by atoms with E-state index in [4.69, 9.17) is 0 Å². The van der Waals surface area contributed by atoms with Crippen molar-refractivity contribution in [2.45, 2.75) is 71.1 Å². The standard InChI is InChI=1S/C19H30N4/c1-18(2,3)22-11-9-20(14-22)16-7-8-17(13-16)21-10-12-23(15-21)19(4,5)6/h7-12,14-17H,13H2,1-6H3/q+2/t16-,17-/m0/s1. The molecule has 0 spiro atoms. The van der Waals surface area contributed by atoms with E-state index >= 15 is 0 Å². The van der Waals surface area contributed by atoms with Gasteiger partial charge in [0, 0.05) is 6.42 Å². The van der Waals surface area contributed by atoms with Crippen LogP contribution in [0.25, 0.3) is 0 Å². The van der Waals surface area contributed by atoms with E-state index in [2.05, 4.69) is 109 Å². The normalized spacial score (nSPS) is 22.0. The Kier molecular flexibility index (Phi) is 3.74. The molecule has 4 nitrogen and oxygen atoms in total. The van der Waals surface area contributed by atoms with Gasteiger partial charge in [0.25, 0.3) is 0 Å². The fourth-order valence-electron chi connectivity index (χ4n) is 3.03. The molecule has 0 unspecified atom stereocenters. The molecule has 0 bridgehead atoms. The number of hydrogen-bond donors (Lipinski definition) is 0. The summed E-state index contributed by atoms with van der Waals surface area (Å²) in [5, 5.41) is 0. The van der Waals surface area contributed by atoms with Crippen LogP contribution in [-0.4, -0.2) is 9.13 Å². The first kappa shape index (κ1) is 16.0. The van der Waals surface area contributed by atoms with E-state index in [1.54, 1.807) is 0 Å². The summed E-state index contributed by atoms with van der Waals surface area (Å²) in [4.78, 5) is 0. The van der Waals surface area contributed by atoms with Gasteiger partial charge in [0.1, 0.15) is 47.9 Å². The third-order valence-corrected chi connectivity index (χ3v) is 4.67. The molecule has 0 saturated heterocycles. The second kappa shape index (κ2) is 5.36. The average Bonchev–Trinajstić information content (AvgIpc) is 3.17. The fourth-order valence-corrected chi connectivity index (χ4v) is 3.03. The van der Waals surface area contributed by atoms with E-state index in [-0.39, 0.29) is 11.1 Å². The molecule has 3 rings (SSSR count). The number of nitrogens with zero attached hydrogens (tertiary/aromatic N) is 4. The maximum absolute atomic E-state index is 2.33. The Labute approximate surface area is 139 Å². The minimum absolute atomic E-state index is 0.131. The van der Waals surface area contributed by atoms with Crippen LogP contribution in [0.1, 0.15) is 60.0 Å². The molecule has 2 heterocycles. The Bertz CT molecular complexity index is 646. The quantitative estimate of drug-likeness (QED) is 0.599. The molecule has 23 heavy (non-hydrogen) atoms. The number of allylic oxidation sites excluding steroid dienone is 2. The fraction of sp³-hybridized carbons (Fsp3) is 0.579. The summed E-state index contributed by atoms with van der Waals surface area (Å²) >= 11 is 0. The van der Waals surface area contributed by atoms with Gasteiger partial charge in [0.15, 0.2) is 0 Å². The van der Waals surface area contributed by atoms with E-state index in [0.29, 0.717) is 12.1 Å². The summed E-state index contributed by atoms with van der Waals surface area (Å²) < 4.78 is 9.20. The number of hydrogen-bond acceptors (Lipinski definition) is 0. The van der Waals surface area contributed by atoms with Gasteiger partial charge in [-0.2, -0.15) is 0 Å². The van der Waals surface area contributed by atoms with Gasteiger partial charge < -0.3 is 0 Å². The van der Waals surface area contributed by atoms with Crippen molar-refractivity contribution in [2.24, 2.45) is 0 Å². The van der Waals surface area contributed by atoms with Crippen molar-refractivity contribution in [1.29, 1.82) is 0 Å². The third-order valence-electron chi connectivity index (χ3n) is 4.67. The lowest BCUT2D eigenvalue weighted by atomic mass is 10.1. The molecule has 0 fully saturated rings. The lowest BCUT2D eigenvalue weighted by Crippen LogP contribution is -2.41. The lowest BCUT2D eigenvalue weighted by Gasteiger charge is -2.14. The maximum Gasteiger partial charge on any atom is 0.244 e. The molecule has 0 aliphatic heterocycles. The molecule has 0 radical (unpaired) electrons.